The average molecular weight is 247 g/mol. The Morgan fingerprint density at radius 3 is 2.53 bits per heavy atom. The first-order valence-corrected chi connectivity index (χ1v) is 6.27. The molecule has 0 fully saturated rings. The molecular formula is C12H20ClOP. The lowest BCUT2D eigenvalue weighted by Gasteiger charge is -2.08. The third kappa shape index (κ3) is 6.02. The first-order valence-electron chi connectivity index (χ1n) is 5.15. The summed E-state index contributed by atoms with van der Waals surface area (Å²) in [4.78, 5) is 0. The lowest BCUT2D eigenvalue weighted by atomic mass is 10.2. The van der Waals surface area contributed by atoms with Crippen molar-refractivity contribution in [1.29, 1.82) is 0 Å². The maximum Gasteiger partial charge on any atom is 0.125 e. The fraction of sp³-hybridized carbons (Fsp3) is 0.500. The summed E-state index contributed by atoms with van der Waals surface area (Å²) >= 11 is 0. The maximum absolute atomic E-state index is 5.71. The lowest BCUT2D eigenvalue weighted by molar-refractivity contribution is 0.595. The minimum atomic E-state index is 0. The number of para-hydroxylation sites is 1. The molecule has 0 saturated heterocycles. The lowest BCUT2D eigenvalue weighted by Crippen LogP contribution is -1.90. The topological polar surface area (TPSA) is 9.23 Å². The molecule has 1 atom stereocenters. The van der Waals surface area contributed by atoms with Gasteiger partial charge in [-0.2, -0.15) is 0 Å². The molecule has 15 heavy (non-hydrogen) atoms. The van der Waals surface area contributed by atoms with Crippen LogP contribution < -0.4 is 4.52 Å². The summed E-state index contributed by atoms with van der Waals surface area (Å²) in [5.41, 5.74) is 1.23. The third-order valence-corrected chi connectivity index (χ3v) is 2.96. The molecule has 0 saturated carbocycles. The SMILES string of the molecule is Cc1ccccc1OPCCC(C)C.Cl. The second-order valence-electron chi connectivity index (χ2n) is 3.94. The van der Waals surface area contributed by atoms with Gasteiger partial charge in [-0.1, -0.05) is 32.0 Å². The van der Waals surface area contributed by atoms with Crippen LogP contribution in [-0.4, -0.2) is 6.16 Å². The van der Waals surface area contributed by atoms with Gasteiger partial charge in [0.15, 0.2) is 0 Å². The zero-order valence-electron chi connectivity index (χ0n) is 9.62. The van der Waals surface area contributed by atoms with Gasteiger partial charge in [-0.25, -0.2) is 0 Å². The van der Waals surface area contributed by atoms with Gasteiger partial charge >= 0.3 is 0 Å². The van der Waals surface area contributed by atoms with Crippen molar-refractivity contribution in [2.24, 2.45) is 5.92 Å². The molecule has 0 aromatic heterocycles. The maximum atomic E-state index is 5.71. The van der Waals surface area contributed by atoms with Crippen molar-refractivity contribution >= 4 is 21.2 Å². The van der Waals surface area contributed by atoms with Gasteiger partial charge in [0.1, 0.15) is 5.75 Å². The van der Waals surface area contributed by atoms with Crippen LogP contribution in [0.25, 0.3) is 0 Å². The van der Waals surface area contributed by atoms with E-state index in [2.05, 4.69) is 26.8 Å². The van der Waals surface area contributed by atoms with E-state index in [1.165, 1.54) is 18.1 Å². The number of aryl methyl sites for hydroxylation is 1. The van der Waals surface area contributed by atoms with Crippen molar-refractivity contribution in [3.05, 3.63) is 29.8 Å². The van der Waals surface area contributed by atoms with Gasteiger partial charge in [0.25, 0.3) is 0 Å². The van der Waals surface area contributed by atoms with E-state index in [1.54, 1.807) is 0 Å². The number of rotatable bonds is 5. The Hall–Kier alpha value is -0.260. The Labute approximate surface area is 101 Å². The molecule has 0 aliphatic heterocycles. The summed E-state index contributed by atoms with van der Waals surface area (Å²) in [6.07, 6.45) is 2.43. The van der Waals surface area contributed by atoms with Gasteiger partial charge in [-0.15, -0.1) is 12.4 Å². The second kappa shape index (κ2) is 7.96. The Balaban J connectivity index is 0.00000196. The smallest absolute Gasteiger partial charge is 0.125 e. The summed E-state index contributed by atoms with van der Waals surface area (Å²) in [5.74, 6) is 1.82. The molecule has 1 nitrogen and oxygen atoms in total. The van der Waals surface area contributed by atoms with E-state index in [1.807, 2.05) is 18.2 Å². The highest BCUT2D eigenvalue weighted by Crippen LogP contribution is 2.25. The van der Waals surface area contributed by atoms with Crippen molar-refractivity contribution in [2.75, 3.05) is 6.16 Å². The highest BCUT2D eigenvalue weighted by molar-refractivity contribution is 7.32. The van der Waals surface area contributed by atoms with Crippen LogP contribution in [0.5, 0.6) is 5.75 Å². The standard InChI is InChI=1S/C12H19OP.ClH/c1-10(2)8-9-14-13-12-7-5-4-6-11(12)3;/h4-7,10,14H,8-9H2,1-3H3;1H. The van der Waals surface area contributed by atoms with Crippen LogP contribution in [0.3, 0.4) is 0 Å². The molecule has 3 heteroatoms. The molecule has 0 amide bonds. The Morgan fingerprint density at radius 1 is 1.27 bits per heavy atom. The molecule has 0 bridgehead atoms. The molecular weight excluding hydrogens is 227 g/mol. The van der Waals surface area contributed by atoms with E-state index < -0.39 is 0 Å². The van der Waals surface area contributed by atoms with E-state index in [9.17, 15) is 0 Å². The van der Waals surface area contributed by atoms with Crippen LogP contribution in [0.2, 0.25) is 0 Å². The molecule has 0 heterocycles. The Morgan fingerprint density at radius 2 is 1.93 bits per heavy atom. The van der Waals surface area contributed by atoms with E-state index in [0.717, 1.165) is 11.7 Å². The normalized spacial score (nSPS) is 10.7. The molecule has 0 spiro atoms. The number of benzene rings is 1. The van der Waals surface area contributed by atoms with Gasteiger partial charge in [0, 0.05) is 6.16 Å². The second-order valence-corrected chi connectivity index (χ2v) is 4.94. The molecule has 1 unspecified atom stereocenters. The Kier molecular flexibility index (Phi) is 7.82. The van der Waals surface area contributed by atoms with E-state index >= 15 is 0 Å². The molecule has 86 valence electrons. The van der Waals surface area contributed by atoms with Crippen LogP contribution in [-0.2, 0) is 0 Å². The van der Waals surface area contributed by atoms with Gasteiger partial charge in [-0.05, 0) is 30.9 Å². The zero-order valence-corrected chi connectivity index (χ0v) is 11.4. The largest absolute Gasteiger partial charge is 0.477 e. The number of hydrogen-bond donors (Lipinski definition) is 0. The summed E-state index contributed by atoms with van der Waals surface area (Å²) in [7, 11) is 0.599. The van der Waals surface area contributed by atoms with Crippen LogP contribution in [0.4, 0.5) is 0 Å². The molecule has 0 N–H and O–H groups in total. The van der Waals surface area contributed by atoms with Gasteiger partial charge in [0.2, 0.25) is 0 Å². The molecule has 1 rings (SSSR count). The van der Waals surface area contributed by atoms with E-state index in [-0.39, 0.29) is 12.4 Å². The fourth-order valence-electron chi connectivity index (χ4n) is 1.15. The van der Waals surface area contributed by atoms with Crippen molar-refractivity contribution < 1.29 is 4.52 Å². The van der Waals surface area contributed by atoms with E-state index in [0.29, 0.717) is 8.81 Å². The highest BCUT2D eigenvalue weighted by atomic mass is 35.5. The predicted octanol–water partition coefficient (Wildman–Crippen LogP) is 4.44. The minimum absolute atomic E-state index is 0. The summed E-state index contributed by atoms with van der Waals surface area (Å²) in [6, 6.07) is 8.19. The summed E-state index contributed by atoms with van der Waals surface area (Å²) in [5, 5.41) is 0. The third-order valence-electron chi connectivity index (χ3n) is 2.10. The molecule has 0 aliphatic rings. The highest BCUT2D eigenvalue weighted by Gasteiger charge is 1.98. The Bertz CT molecular complexity index is 276. The quantitative estimate of drug-likeness (QED) is 0.552. The number of halogens is 1. The van der Waals surface area contributed by atoms with Crippen LogP contribution in [0, 0.1) is 12.8 Å². The minimum Gasteiger partial charge on any atom is -0.477 e. The summed E-state index contributed by atoms with van der Waals surface area (Å²) < 4.78 is 5.71. The average Bonchev–Trinajstić information content (AvgIpc) is 2.15. The van der Waals surface area contributed by atoms with Gasteiger partial charge in [-0.3, -0.25) is 0 Å². The van der Waals surface area contributed by atoms with Gasteiger partial charge in [0.05, 0.1) is 8.81 Å². The molecule has 1 aromatic carbocycles. The van der Waals surface area contributed by atoms with Crippen LogP contribution in [0.15, 0.2) is 24.3 Å². The first-order chi connectivity index (χ1) is 6.70. The monoisotopic (exact) mass is 246 g/mol. The molecule has 0 aliphatic carbocycles. The van der Waals surface area contributed by atoms with Gasteiger partial charge < -0.3 is 4.52 Å². The predicted molar refractivity (Wildman–Crippen MR) is 71.7 cm³/mol. The fourth-order valence-corrected chi connectivity index (χ4v) is 2.33. The van der Waals surface area contributed by atoms with Crippen molar-refractivity contribution in [2.45, 2.75) is 27.2 Å². The number of hydrogen-bond acceptors (Lipinski definition) is 1. The van der Waals surface area contributed by atoms with Crippen molar-refractivity contribution in [3.8, 4) is 5.75 Å². The first kappa shape index (κ1) is 14.7. The van der Waals surface area contributed by atoms with Crippen LogP contribution in [0.1, 0.15) is 25.8 Å². The van der Waals surface area contributed by atoms with Crippen molar-refractivity contribution in [1.82, 2.24) is 0 Å². The summed E-state index contributed by atoms with van der Waals surface area (Å²) in [6.45, 7) is 6.58. The molecule has 1 aromatic rings. The van der Waals surface area contributed by atoms with Crippen LogP contribution >= 0.6 is 21.2 Å². The molecule has 0 radical (unpaired) electrons. The van der Waals surface area contributed by atoms with Crippen molar-refractivity contribution in [3.63, 3.8) is 0 Å². The van der Waals surface area contributed by atoms with E-state index in [4.69, 9.17) is 4.52 Å². The zero-order chi connectivity index (χ0) is 10.4.